The highest BCUT2D eigenvalue weighted by Crippen LogP contribution is 2.51. The van der Waals surface area contributed by atoms with E-state index in [4.69, 9.17) is 21.1 Å². The summed E-state index contributed by atoms with van der Waals surface area (Å²) < 4.78 is 12.0. The van der Waals surface area contributed by atoms with E-state index in [1.165, 1.54) is 24.2 Å². The van der Waals surface area contributed by atoms with Gasteiger partial charge >= 0.3 is 0 Å². The van der Waals surface area contributed by atoms with E-state index in [1.54, 1.807) is 14.2 Å². The summed E-state index contributed by atoms with van der Waals surface area (Å²) in [7, 11) is 5.73. The van der Waals surface area contributed by atoms with Crippen LogP contribution in [-0.4, -0.2) is 44.7 Å². The van der Waals surface area contributed by atoms with E-state index in [0.29, 0.717) is 12.0 Å². The van der Waals surface area contributed by atoms with Crippen molar-refractivity contribution >= 4 is 11.6 Å². The number of benzene rings is 1. The second kappa shape index (κ2) is 4.57. The van der Waals surface area contributed by atoms with E-state index >= 15 is 0 Å². The fourth-order valence-electron chi connectivity index (χ4n) is 3.88. The van der Waals surface area contributed by atoms with Gasteiger partial charge in [0.15, 0.2) is 11.5 Å². The van der Waals surface area contributed by atoms with Gasteiger partial charge in [-0.3, -0.25) is 0 Å². The summed E-state index contributed by atoms with van der Waals surface area (Å²) in [4.78, 5) is 0. The number of fused-ring (bicyclic) bond motifs is 3. The highest BCUT2D eigenvalue weighted by atomic mass is 35.5. The molecule has 0 amide bonds. The number of rotatable bonds is 3. The molecule has 0 aliphatic carbocycles. The van der Waals surface area contributed by atoms with E-state index in [1.807, 2.05) is 0 Å². The molecule has 2 aliphatic rings. The molecule has 2 heterocycles. The second-order valence-corrected chi connectivity index (χ2v) is 6.21. The van der Waals surface area contributed by atoms with Crippen LogP contribution in [-0.2, 0) is 6.42 Å². The summed E-state index contributed by atoms with van der Waals surface area (Å²) in [6.07, 6.45) is 1.11. The molecule has 0 radical (unpaired) electrons. The minimum absolute atomic E-state index is 0.529. The monoisotopic (exact) mass is 282 g/mol. The van der Waals surface area contributed by atoms with E-state index in [9.17, 15) is 0 Å². The predicted molar refractivity (Wildman–Crippen MR) is 76.1 cm³/mol. The summed E-state index contributed by atoms with van der Waals surface area (Å²) in [5.74, 6) is 2.99. The van der Waals surface area contributed by atoms with E-state index in [2.05, 4.69) is 19.2 Å². The molecule has 0 spiro atoms. The lowest BCUT2D eigenvalue weighted by Crippen LogP contribution is -2.65. The van der Waals surface area contributed by atoms with Gasteiger partial charge in [-0.2, -0.15) is 0 Å². The smallest absolute Gasteiger partial charge is 0.161 e. The van der Waals surface area contributed by atoms with Gasteiger partial charge in [-0.25, -0.2) is 0 Å². The van der Waals surface area contributed by atoms with Gasteiger partial charge in [0.1, 0.15) is 6.04 Å². The van der Waals surface area contributed by atoms with Crippen LogP contribution >= 0.6 is 11.6 Å². The van der Waals surface area contributed by atoms with Gasteiger partial charge in [-0.05, 0) is 17.7 Å². The molecule has 1 aromatic rings. The van der Waals surface area contributed by atoms with Crippen molar-refractivity contribution < 1.29 is 14.0 Å². The highest BCUT2D eigenvalue weighted by molar-refractivity contribution is 6.18. The van der Waals surface area contributed by atoms with Gasteiger partial charge in [0.05, 0.1) is 40.3 Å². The first kappa shape index (κ1) is 13.1. The Kier molecular flexibility index (Phi) is 3.14. The number of nitrogens with zero attached hydrogens (tertiary/aromatic N) is 1. The molecule has 3 rings (SSSR count). The van der Waals surface area contributed by atoms with Crippen molar-refractivity contribution in [1.82, 2.24) is 0 Å². The molecular weight excluding hydrogens is 262 g/mol. The van der Waals surface area contributed by atoms with Crippen molar-refractivity contribution in [3.8, 4) is 11.5 Å². The maximum Gasteiger partial charge on any atom is 0.161 e. The Bertz CT molecular complexity index is 505. The first-order valence-electron chi connectivity index (χ1n) is 6.78. The van der Waals surface area contributed by atoms with Crippen LogP contribution in [0.3, 0.4) is 0 Å². The lowest BCUT2D eigenvalue weighted by atomic mass is 9.76. The fourth-order valence-corrected chi connectivity index (χ4v) is 4.14. The molecule has 104 valence electrons. The molecule has 19 heavy (non-hydrogen) atoms. The van der Waals surface area contributed by atoms with Crippen LogP contribution in [0.15, 0.2) is 12.1 Å². The third-order valence-corrected chi connectivity index (χ3v) is 5.22. The minimum atomic E-state index is 0.529. The number of likely N-dealkylation sites (N-methyl/N-ethyl adjacent to an activating group) is 1. The van der Waals surface area contributed by atoms with Gasteiger partial charge in [-0.1, -0.05) is 0 Å². The molecule has 1 fully saturated rings. The first-order valence-corrected chi connectivity index (χ1v) is 7.31. The Hall–Kier alpha value is -0.930. The molecule has 2 aliphatic heterocycles. The van der Waals surface area contributed by atoms with Crippen LogP contribution in [0.4, 0.5) is 0 Å². The Morgan fingerprint density at radius 1 is 1.26 bits per heavy atom. The van der Waals surface area contributed by atoms with Gasteiger partial charge in [0.2, 0.25) is 0 Å². The molecule has 1 aromatic carbocycles. The normalized spacial score (nSPS) is 32.0. The average Bonchev–Trinajstić information content (AvgIpc) is 2.41. The summed E-state index contributed by atoms with van der Waals surface area (Å²) in [5, 5.41) is 0. The van der Waals surface area contributed by atoms with Crippen LogP contribution in [0.1, 0.15) is 17.2 Å². The molecule has 1 saturated heterocycles. The van der Waals surface area contributed by atoms with Crippen molar-refractivity contribution in [2.75, 3.05) is 40.2 Å². The lowest BCUT2D eigenvalue weighted by Gasteiger charge is -2.57. The topological polar surface area (TPSA) is 18.5 Å². The van der Waals surface area contributed by atoms with Crippen molar-refractivity contribution in [3.05, 3.63) is 23.3 Å². The largest absolute Gasteiger partial charge is 0.493 e. The molecule has 0 bridgehead atoms. The van der Waals surface area contributed by atoms with Gasteiger partial charge in [0, 0.05) is 17.9 Å². The number of ether oxygens (including phenoxy) is 2. The van der Waals surface area contributed by atoms with Gasteiger partial charge in [0.25, 0.3) is 0 Å². The van der Waals surface area contributed by atoms with Crippen molar-refractivity contribution in [1.29, 1.82) is 0 Å². The maximum absolute atomic E-state index is 6.12. The third kappa shape index (κ3) is 1.83. The maximum atomic E-state index is 6.12. The number of methoxy groups -OCH3 is 2. The molecule has 3 atom stereocenters. The van der Waals surface area contributed by atoms with Crippen LogP contribution in [0.25, 0.3) is 0 Å². The van der Waals surface area contributed by atoms with E-state index in [0.717, 1.165) is 28.3 Å². The Balaban J connectivity index is 2.06. The SMILES string of the molecule is COc1cc2c(cc1OC)[C@H]1[C@H](CCl)C[N@@+]1(C)CC2. The van der Waals surface area contributed by atoms with Crippen molar-refractivity contribution in [2.24, 2.45) is 5.92 Å². The van der Waals surface area contributed by atoms with E-state index < -0.39 is 0 Å². The number of quaternary nitrogens is 1. The minimum Gasteiger partial charge on any atom is -0.493 e. The summed E-state index contributed by atoms with van der Waals surface area (Å²) in [5.41, 5.74) is 2.80. The fraction of sp³-hybridized carbons (Fsp3) is 0.600. The second-order valence-electron chi connectivity index (χ2n) is 5.90. The molecular formula is C15H21ClNO2+. The Morgan fingerprint density at radius 3 is 2.58 bits per heavy atom. The number of alkyl halides is 1. The summed E-state index contributed by atoms with van der Waals surface area (Å²) in [6, 6.07) is 4.83. The van der Waals surface area contributed by atoms with E-state index in [-0.39, 0.29) is 0 Å². The summed E-state index contributed by atoms with van der Waals surface area (Å²) in [6.45, 7) is 2.39. The number of hydrogen-bond donors (Lipinski definition) is 0. The van der Waals surface area contributed by atoms with Gasteiger partial charge < -0.3 is 14.0 Å². The molecule has 4 heteroatoms. The molecule has 3 nitrogen and oxygen atoms in total. The lowest BCUT2D eigenvalue weighted by molar-refractivity contribution is -0.991. The zero-order valence-electron chi connectivity index (χ0n) is 11.8. The van der Waals surface area contributed by atoms with Crippen LogP contribution in [0.5, 0.6) is 11.5 Å². The predicted octanol–water partition coefficient (Wildman–Crippen LogP) is 2.62. The molecule has 0 saturated carbocycles. The average molecular weight is 283 g/mol. The molecule has 0 N–H and O–H groups in total. The number of halogens is 1. The van der Waals surface area contributed by atoms with Crippen molar-refractivity contribution in [3.63, 3.8) is 0 Å². The van der Waals surface area contributed by atoms with Crippen LogP contribution < -0.4 is 9.47 Å². The quantitative estimate of drug-likeness (QED) is 0.627. The van der Waals surface area contributed by atoms with Crippen LogP contribution in [0.2, 0.25) is 0 Å². The van der Waals surface area contributed by atoms with Crippen molar-refractivity contribution in [2.45, 2.75) is 12.5 Å². The molecule has 0 aromatic heterocycles. The van der Waals surface area contributed by atoms with Gasteiger partial charge in [-0.15, -0.1) is 11.6 Å². The number of hydrogen-bond acceptors (Lipinski definition) is 2. The Labute approximate surface area is 119 Å². The highest BCUT2D eigenvalue weighted by Gasteiger charge is 2.54. The zero-order chi connectivity index (χ0) is 13.6. The first-order chi connectivity index (χ1) is 9.12. The Morgan fingerprint density at radius 2 is 1.95 bits per heavy atom. The zero-order valence-corrected chi connectivity index (χ0v) is 12.5. The molecule has 0 unspecified atom stereocenters. The third-order valence-electron chi connectivity index (χ3n) is 4.82. The standard InChI is InChI=1S/C15H21ClNO2/c1-17-5-4-10-6-13(18-2)14(19-3)7-12(10)15(17)11(8-16)9-17/h6-7,11,15H,4-5,8-9H2,1-3H3/q+1/t11-,15-,17-/m1/s1. The van der Waals surface area contributed by atoms with Crippen LogP contribution in [0, 0.1) is 5.92 Å². The summed E-state index contributed by atoms with van der Waals surface area (Å²) >= 11 is 6.12.